The van der Waals surface area contributed by atoms with E-state index in [0.717, 1.165) is 0 Å². The van der Waals surface area contributed by atoms with E-state index >= 15 is 0 Å². The van der Waals surface area contributed by atoms with Crippen molar-refractivity contribution in [1.29, 1.82) is 0 Å². The van der Waals surface area contributed by atoms with Crippen LogP contribution in [0.15, 0.2) is 23.1 Å². The van der Waals surface area contributed by atoms with Crippen molar-refractivity contribution in [2.24, 2.45) is 0 Å². The number of hydrogen-bond acceptors (Lipinski definition) is 3. The molecule has 0 unspecified atom stereocenters. The quantitative estimate of drug-likeness (QED) is 0.900. The van der Waals surface area contributed by atoms with E-state index in [1.165, 1.54) is 13.0 Å². The number of aryl methyl sites for hydroxylation is 1. The number of carbonyl (C=O) groups excluding carboxylic acids is 1. The maximum atomic E-state index is 12.0. The van der Waals surface area contributed by atoms with Crippen LogP contribution in [0.25, 0.3) is 0 Å². The van der Waals surface area contributed by atoms with Crippen LogP contribution >= 0.6 is 0 Å². The van der Waals surface area contributed by atoms with Crippen molar-refractivity contribution in [1.82, 2.24) is 0 Å². The standard InChI is InChI=1S/C12H17NO3S/c1-8(2)17(15,16)12-6-5-11(7-9(12)3)13-10(4)14/h5-8H,1-4H3,(H,13,14). The van der Waals surface area contributed by atoms with Gasteiger partial charge in [-0.15, -0.1) is 0 Å². The van der Waals surface area contributed by atoms with Crippen molar-refractivity contribution in [2.75, 3.05) is 5.32 Å². The second kappa shape index (κ2) is 4.87. The summed E-state index contributed by atoms with van der Waals surface area (Å²) in [6, 6.07) is 4.80. The summed E-state index contributed by atoms with van der Waals surface area (Å²) in [4.78, 5) is 11.2. The minimum atomic E-state index is -3.27. The molecule has 0 bridgehead atoms. The average Bonchev–Trinajstić information content (AvgIpc) is 2.15. The molecule has 4 nitrogen and oxygen atoms in total. The predicted octanol–water partition coefficient (Wildman–Crippen LogP) is 2.14. The van der Waals surface area contributed by atoms with Gasteiger partial charge in [-0.1, -0.05) is 0 Å². The Balaban J connectivity index is 3.19. The van der Waals surface area contributed by atoms with Gasteiger partial charge >= 0.3 is 0 Å². The first-order valence-corrected chi connectivity index (χ1v) is 6.92. The fourth-order valence-electron chi connectivity index (χ4n) is 1.50. The largest absolute Gasteiger partial charge is 0.326 e. The molecule has 0 heterocycles. The Morgan fingerprint density at radius 2 is 1.88 bits per heavy atom. The third-order valence-electron chi connectivity index (χ3n) is 2.42. The van der Waals surface area contributed by atoms with Crippen molar-refractivity contribution in [3.05, 3.63) is 23.8 Å². The van der Waals surface area contributed by atoms with Gasteiger partial charge in [0.2, 0.25) is 5.91 Å². The van der Waals surface area contributed by atoms with Gasteiger partial charge in [-0.3, -0.25) is 4.79 Å². The Bertz CT molecular complexity index is 533. The average molecular weight is 255 g/mol. The highest BCUT2D eigenvalue weighted by Crippen LogP contribution is 2.23. The molecule has 0 atom stereocenters. The lowest BCUT2D eigenvalue weighted by Crippen LogP contribution is -2.15. The van der Waals surface area contributed by atoms with E-state index in [0.29, 0.717) is 16.1 Å². The summed E-state index contributed by atoms with van der Waals surface area (Å²) < 4.78 is 24.0. The Kier molecular flexibility index (Phi) is 3.93. The van der Waals surface area contributed by atoms with Crippen molar-refractivity contribution >= 4 is 21.4 Å². The molecular weight excluding hydrogens is 238 g/mol. The zero-order valence-corrected chi connectivity index (χ0v) is 11.3. The smallest absolute Gasteiger partial charge is 0.221 e. The summed E-state index contributed by atoms with van der Waals surface area (Å²) in [5.74, 6) is -0.177. The minimum Gasteiger partial charge on any atom is -0.326 e. The monoisotopic (exact) mass is 255 g/mol. The normalized spacial score (nSPS) is 11.6. The molecule has 0 fully saturated rings. The number of anilines is 1. The highest BCUT2D eigenvalue weighted by molar-refractivity contribution is 7.92. The molecule has 1 N–H and O–H groups in total. The van der Waals surface area contributed by atoms with Crippen LogP contribution in [0.5, 0.6) is 0 Å². The molecule has 0 saturated carbocycles. The summed E-state index contributed by atoms with van der Waals surface area (Å²) in [7, 11) is -3.27. The van der Waals surface area contributed by atoms with E-state index in [1.807, 2.05) is 0 Å². The molecular formula is C12H17NO3S. The first-order chi connectivity index (χ1) is 7.75. The summed E-state index contributed by atoms with van der Waals surface area (Å²) in [5.41, 5.74) is 1.25. The van der Waals surface area contributed by atoms with E-state index in [9.17, 15) is 13.2 Å². The van der Waals surface area contributed by atoms with Gasteiger partial charge in [0.15, 0.2) is 9.84 Å². The molecule has 17 heavy (non-hydrogen) atoms. The molecule has 0 radical (unpaired) electrons. The molecule has 0 aliphatic carbocycles. The van der Waals surface area contributed by atoms with Crippen molar-refractivity contribution in [3.63, 3.8) is 0 Å². The third kappa shape index (κ3) is 3.06. The number of nitrogens with one attached hydrogen (secondary N) is 1. The number of sulfone groups is 1. The van der Waals surface area contributed by atoms with Crippen LogP contribution in [0.1, 0.15) is 26.3 Å². The highest BCUT2D eigenvalue weighted by atomic mass is 32.2. The number of benzene rings is 1. The van der Waals surface area contributed by atoms with Crippen molar-refractivity contribution < 1.29 is 13.2 Å². The van der Waals surface area contributed by atoms with Gasteiger partial charge < -0.3 is 5.32 Å². The molecule has 0 aromatic heterocycles. The molecule has 0 aliphatic heterocycles. The molecule has 1 amide bonds. The SMILES string of the molecule is CC(=O)Nc1ccc(S(=O)(=O)C(C)C)c(C)c1. The van der Waals surface area contributed by atoms with Crippen LogP contribution in [0.4, 0.5) is 5.69 Å². The molecule has 0 saturated heterocycles. The Morgan fingerprint density at radius 3 is 2.29 bits per heavy atom. The fraction of sp³-hybridized carbons (Fsp3) is 0.417. The minimum absolute atomic E-state index is 0.177. The van der Waals surface area contributed by atoms with E-state index in [4.69, 9.17) is 0 Å². The predicted molar refractivity (Wildman–Crippen MR) is 67.8 cm³/mol. The second-order valence-corrected chi connectivity index (χ2v) is 6.73. The Morgan fingerprint density at radius 1 is 1.29 bits per heavy atom. The van der Waals surface area contributed by atoms with E-state index in [1.54, 1.807) is 32.9 Å². The molecule has 5 heteroatoms. The number of rotatable bonds is 3. The number of hydrogen-bond donors (Lipinski definition) is 1. The van der Waals surface area contributed by atoms with Crippen LogP contribution in [-0.2, 0) is 14.6 Å². The molecule has 0 spiro atoms. The van der Waals surface area contributed by atoms with Gasteiger partial charge in [0.1, 0.15) is 0 Å². The fourth-order valence-corrected chi connectivity index (χ4v) is 2.78. The van der Waals surface area contributed by atoms with Gasteiger partial charge in [0, 0.05) is 12.6 Å². The van der Waals surface area contributed by atoms with Crippen LogP contribution in [0.3, 0.4) is 0 Å². The van der Waals surface area contributed by atoms with E-state index < -0.39 is 15.1 Å². The zero-order chi connectivity index (χ0) is 13.2. The maximum absolute atomic E-state index is 12.0. The van der Waals surface area contributed by atoms with Gasteiger partial charge in [0.25, 0.3) is 0 Å². The van der Waals surface area contributed by atoms with Gasteiger partial charge in [-0.05, 0) is 44.5 Å². The highest BCUT2D eigenvalue weighted by Gasteiger charge is 2.21. The zero-order valence-electron chi connectivity index (χ0n) is 10.4. The molecule has 1 rings (SSSR count). The van der Waals surface area contributed by atoms with Gasteiger partial charge in [-0.2, -0.15) is 0 Å². The molecule has 94 valence electrons. The third-order valence-corrected chi connectivity index (χ3v) is 4.73. The van der Waals surface area contributed by atoms with Crippen molar-refractivity contribution in [3.8, 4) is 0 Å². The van der Waals surface area contributed by atoms with Crippen LogP contribution in [0, 0.1) is 6.92 Å². The van der Waals surface area contributed by atoms with Gasteiger partial charge in [-0.25, -0.2) is 8.42 Å². The van der Waals surface area contributed by atoms with Crippen molar-refractivity contribution in [2.45, 2.75) is 37.8 Å². The van der Waals surface area contributed by atoms with Gasteiger partial charge in [0.05, 0.1) is 10.1 Å². The lowest BCUT2D eigenvalue weighted by atomic mass is 10.2. The second-order valence-electron chi connectivity index (χ2n) is 4.26. The van der Waals surface area contributed by atoms with E-state index in [2.05, 4.69) is 5.32 Å². The maximum Gasteiger partial charge on any atom is 0.221 e. The number of carbonyl (C=O) groups is 1. The Labute approximate surface area is 102 Å². The van der Waals surface area contributed by atoms with Crippen LogP contribution < -0.4 is 5.32 Å². The summed E-state index contributed by atoms with van der Waals surface area (Å²) in [6.45, 7) is 6.43. The molecule has 0 aliphatic rings. The summed E-state index contributed by atoms with van der Waals surface area (Å²) in [5, 5.41) is 2.17. The molecule has 1 aromatic rings. The lowest BCUT2D eigenvalue weighted by Gasteiger charge is -2.12. The topological polar surface area (TPSA) is 63.2 Å². The summed E-state index contributed by atoms with van der Waals surface area (Å²) in [6.07, 6.45) is 0. The van der Waals surface area contributed by atoms with E-state index in [-0.39, 0.29) is 5.91 Å². The molecule has 1 aromatic carbocycles. The lowest BCUT2D eigenvalue weighted by molar-refractivity contribution is -0.114. The van der Waals surface area contributed by atoms with Crippen LogP contribution in [-0.4, -0.2) is 19.6 Å². The van der Waals surface area contributed by atoms with Crippen LogP contribution in [0.2, 0.25) is 0 Å². The first-order valence-electron chi connectivity index (χ1n) is 5.37. The summed E-state index contributed by atoms with van der Waals surface area (Å²) >= 11 is 0. The first kappa shape index (κ1) is 13.7. The Hall–Kier alpha value is -1.36. The number of amides is 1.